The predicted molar refractivity (Wildman–Crippen MR) is 62.5 cm³/mol. The van der Waals surface area contributed by atoms with E-state index in [0.717, 1.165) is 25.1 Å². The maximum atomic E-state index is 12.9. The Hall–Kier alpha value is -0.280. The molecule has 14 heavy (non-hydrogen) atoms. The molecule has 1 rings (SSSR count). The second-order valence-corrected chi connectivity index (χ2v) is 4.29. The van der Waals surface area contributed by atoms with Crippen LogP contribution in [-0.2, 0) is 0 Å². The number of halogens is 3. The van der Waals surface area contributed by atoms with Crippen molar-refractivity contribution in [1.29, 1.82) is 0 Å². The minimum atomic E-state index is -0.331. The van der Waals surface area contributed by atoms with Crippen molar-refractivity contribution in [2.45, 2.75) is 19.8 Å². The fraction of sp³-hybridized carbons (Fsp3) is 0.400. The van der Waals surface area contributed by atoms with Gasteiger partial charge in [0.05, 0.1) is 10.7 Å². The normalized spacial score (nSPS) is 10.3. The average molecular weight is 281 g/mol. The van der Waals surface area contributed by atoms with Gasteiger partial charge in [-0.15, -0.1) is 0 Å². The molecule has 1 aromatic rings. The highest BCUT2D eigenvalue weighted by Crippen LogP contribution is 2.31. The van der Waals surface area contributed by atoms with Crippen molar-refractivity contribution in [3.05, 3.63) is 27.4 Å². The quantitative estimate of drug-likeness (QED) is 0.803. The Morgan fingerprint density at radius 1 is 1.50 bits per heavy atom. The Morgan fingerprint density at radius 2 is 2.21 bits per heavy atom. The lowest BCUT2D eigenvalue weighted by atomic mass is 10.3. The van der Waals surface area contributed by atoms with Crippen LogP contribution >= 0.6 is 27.5 Å². The van der Waals surface area contributed by atoms with E-state index in [-0.39, 0.29) is 5.82 Å². The van der Waals surface area contributed by atoms with Crippen LogP contribution in [0.25, 0.3) is 0 Å². The van der Waals surface area contributed by atoms with Crippen LogP contribution in [0.5, 0.6) is 0 Å². The first kappa shape index (κ1) is 11.8. The van der Waals surface area contributed by atoms with Gasteiger partial charge in [-0.25, -0.2) is 4.39 Å². The molecule has 0 unspecified atom stereocenters. The molecule has 1 aromatic carbocycles. The lowest BCUT2D eigenvalue weighted by Crippen LogP contribution is -2.02. The number of benzene rings is 1. The zero-order valence-electron chi connectivity index (χ0n) is 7.91. The molecule has 0 atom stereocenters. The summed E-state index contributed by atoms with van der Waals surface area (Å²) in [5.41, 5.74) is 0.765. The molecule has 0 radical (unpaired) electrons. The third-order valence-corrected chi connectivity index (χ3v) is 2.76. The summed E-state index contributed by atoms with van der Waals surface area (Å²) in [6.45, 7) is 2.96. The molecule has 0 saturated heterocycles. The molecule has 0 aliphatic rings. The van der Waals surface area contributed by atoms with Crippen LogP contribution in [0.15, 0.2) is 16.6 Å². The Labute approximate surface area is 96.8 Å². The third kappa shape index (κ3) is 3.14. The number of hydrogen-bond donors (Lipinski definition) is 1. The third-order valence-electron chi connectivity index (χ3n) is 1.84. The summed E-state index contributed by atoms with van der Waals surface area (Å²) >= 11 is 9.14. The first-order valence-electron chi connectivity index (χ1n) is 4.53. The van der Waals surface area contributed by atoms with E-state index in [9.17, 15) is 4.39 Å². The molecule has 0 heterocycles. The van der Waals surface area contributed by atoms with Gasteiger partial charge in [-0.2, -0.15) is 0 Å². The summed E-state index contributed by atoms with van der Waals surface area (Å²) in [7, 11) is 0. The summed E-state index contributed by atoms with van der Waals surface area (Å²) in [5.74, 6) is -0.331. The molecule has 1 nitrogen and oxygen atoms in total. The summed E-state index contributed by atoms with van der Waals surface area (Å²) < 4.78 is 13.5. The van der Waals surface area contributed by atoms with Crippen molar-refractivity contribution in [2.75, 3.05) is 11.9 Å². The van der Waals surface area contributed by atoms with Crippen LogP contribution in [-0.4, -0.2) is 6.54 Å². The van der Waals surface area contributed by atoms with Gasteiger partial charge >= 0.3 is 0 Å². The fourth-order valence-electron chi connectivity index (χ4n) is 1.10. The van der Waals surface area contributed by atoms with Gasteiger partial charge in [0.15, 0.2) is 0 Å². The van der Waals surface area contributed by atoms with Crippen LogP contribution in [0.1, 0.15) is 19.8 Å². The van der Waals surface area contributed by atoms with Gasteiger partial charge in [-0.3, -0.25) is 0 Å². The molecule has 0 fully saturated rings. The van der Waals surface area contributed by atoms with Crippen LogP contribution in [0.2, 0.25) is 5.02 Å². The topological polar surface area (TPSA) is 12.0 Å². The van der Waals surface area contributed by atoms with E-state index in [1.165, 1.54) is 12.1 Å². The molecule has 0 amide bonds. The lowest BCUT2D eigenvalue weighted by Gasteiger charge is -2.09. The molecule has 0 aromatic heterocycles. The Balaban J connectivity index is 2.75. The first-order chi connectivity index (χ1) is 6.65. The van der Waals surface area contributed by atoms with Crippen molar-refractivity contribution < 1.29 is 4.39 Å². The molecule has 1 N–H and O–H groups in total. The first-order valence-corrected chi connectivity index (χ1v) is 5.70. The van der Waals surface area contributed by atoms with E-state index in [1.807, 2.05) is 0 Å². The number of hydrogen-bond acceptors (Lipinski definition) is 1. The van der Waals surface area contributed by atoms with E-state index in [4.69, 9.17) is 11.6 Å². The van der Waals surface area contributed by atoms with Gasteiger partial charge in [-0.05, 0) is 34.5 Å². The van der Waals surface area contributed by atoms with E-state index in [2.05, 4.69) is 28.2 Å². The molecular weight excluding hydrogens is 268 g/mol. The van der Waals surface area contributed by atoms with Gasteiger partial charge in [0.25, 0.3) is 0 Å². The minimum Gasteiger partial charge on any atom is -0.383 e. The fourth-order valence-corrected chi connectivity index (χ4v) is 2.06. The summed E-state index contributed by atoms with van der Waals surface area (Å²) in [5, 5.41) is 3.57. The van der Waals surface area contributed by atoms with E-state index >= 15 is 0 Å². The maximum Gasteiger partial charge on any atom is 0.125 e. The average Bonchev–Trinajstić information content (AvgIpc) is 2.09. The monoisotopic (exact) mass is 279 g/mol. The van der Waals surface area contributed by atoms with Crippen LogP contribution in [0.3, 0.4) is 0 Å². The predicted octanol–water partition coefficient (Wildman–Crippen LogP) is 4.45. The van der Waals surface area contributed by atoms with Crippen molar-refractivity contribution >= 4 is 33.2 Å². The standard InChI is InChI=1S/C10H12BrClFN/c1-2-3-4-14-10-8(11)5-7(13)6-9(10)12/h5-6,14H,2-4H2,1H3. The summed E-state index contributed by atoms with van der Waals surface area (Å²) in [4.78, 5) is 0. The van der Waals surface area contributed by atoms with Crippen LogP contribution in [0, 0.1) is 5.82 Å². The minimum absolute atomic E-state index is 0.331. The van der Waals surface area contributed by atoms with Crippen LogP contribution in [0.4, 0.5) is 10.1 Å². The van der Waals surface area contributed by atoms with Crippen molar-refractivity contribution in [3.63, 3.8) is 0 Å². The van der Waals surface area contributed by atoms with Gasteiger partial charge in [0, 0.05) is 11.0 Å². The number of anilines is 1. The van der Waals surface area contributed by atoms with Gasteiger partial charge in [0.1, 0.15) is 5.82 Å². The van der Waals surface area contributed by atoms with Crippen molar-refractivity contribution in [2.24, 2.45) is 0 Å². The molecule has 4 heteroatoms. The van der Waals surface area contributed by atoms with Crippen LogP contribution < -0.4 is 5.32 Å². The van der Waals surface area contributed by atoms with Crippen molar-refractivity contribution in [1.82, 2.24) is 0 Å². The van der Waals surface area contributed by atoms with Gasteiger partial charge in [-0.1, -0.05) is 24.9 Å². The maximum absolute atomic E-state index is 12.9. The zero-order valence-corrected chi connectivity index (χ0v) is 10.3. The molecule has 0 aliphatic heterocycles. The van der Waals surface area contributed by atoms with Crippen molar-refractivity contribution in [3.8, 4) is 0 Å². The lowest BCUT2D eigenvalue weighted by molar-refractivity contribution is 0.627. The number of rotatable bonds is 4. The molecule has 0 saturated carbocycles. The van der Waals surface area contributed by atoms with E-state index in [0.29, 0.717) is 9.50 Å². The largest absolute Gasteiger partial charge is 0.383 e. The second kappa shape index (κ2) is 5.56. The molecule has 78 valence electrons. The van der Waals surface area contributed by atoms with Gasteiger partial charge < -0.3 is 5.32 Å². The SMILES string of the molecule is CCCCNc1c(Cl)cc(F)cc1Br. The molecule has 0 bridgehead atoms. The number of nitrogens with one attached hydrogen (secondary N) is 1. The highest BCUT2D eigenvalue weighted by molar-refractivity contribution is 9.10. The Kier molecular flexibility index (Phi) is 4.69. The van der Waals surface area contributed by atoms with Gasteiger partial charge in [0.2, 0.25) is 0 Å². The zero-order chi connectivity index (χ0) is 10.6. The van der Waals surface area contributed by atoms with E-state index < -0.39 is 0 Å². The summed E-state index contributed by atoms with van der Waals surface area (Å²) in [6.07, 6.45) is 2.18. The highest BCUT2D eigenvalue weighted by Gasteiger charge is 2.06. The Morgan fingerprint density at radius 3 is 2.79 bits per heavy atom. The second-order valence-electron chi connectivity index (χ2n) is 3.02. The smallest absolute Gasteiger partial charge is 0.125 e. The number of unbranched alkanes of at least 4 members (excludes halogenated alkanes) is 1. The molecular formula is C10H12BrClFN. The van der Waals surface area contributed by atoms with E-state index in [1.54, 1.807) is 0 Å². The highest BCUT2D eigenvalue weighted by atomic mass is 79.9. The summed E-state index contributed by atoms with van der Waals surface area (Å²) in [6, 6.07) is 2.71. The molecule has 0 aliphatic carbocycles. The Bertz CT molecular complexity index is 294. The molecule has 0 spiro atoms.